The van der Waals surface area contributed by atoms with E-state index in [0.29, 0.717) is 19.3 Å². The van der Waals surface area contributed by atoms with Crippen LogP contribution in [0.5, 0.6) is 0 Å². The Hall–Kier alpha value is -3.15. The minimum atomic E-state index is -0.806. The monoisotopic (exact) mass is 1070 g/mol. The second-order valence-corrected chi connectivity index (χ2v) is 22.4. The van der Waals surface area contributed by atoms with E-state index >= 15 is 0 Å². The molecule has 0 aliphatic rings. The minimum absolute atomic E-state index is 0.0962. The van der Waals surface area contributed by atoms with E-state index in [9.17, 15) is 14.4 Å². The second-order valence-electron chi connectivity index (χ2n) is 22.4. The van der Waals surface area contributed by atoms with Crippen LogP contribution in [0, 0.1) is 0 Å². The second kappa shape index (κ2) is 65.4. The first-order chi connectivity index (χ1) is 38.0. The Balaban J connectivity index is 4.44. The first kappa shape index (κ1) is 73.8. The van der Waals surface area contributed by atoms with Crippen LogP contribution in [-0.2, 0) is 28.6 Å². The maximum Gasteiger partial charge on any atom is 0.306 e. The van der Waals surface area contributed by atoms with Crippen LogP contribution in [-0.4, -0.2) is 37.2 Å². The summed E-state index contributed by atoms with van der Waals surface area (Å²) in [5, 5.41) is 0. The van der Waals surface area contributed by atoms with Gasteiger partial charge in [-0.2, -0.15) is 0 Å². The van der Waals surface area contributed by atoms with Gasteiger partial charge in [-0.1, -0.05) is 312 Å². The molecule has 0 saturated carbocycles. The third-order valence-electron chi connectivity index (χ3n) is 14.7. The summed E-state index contributed by atoms with van der Waals surface area (Å²) in [6.07, 6.45) is 85.0. The van der Waals surface area contributed by atoms with Gasteiger partial charge in [-0.3, -0.25) is 14.4 Å². The van der Waals surface area contributed by atoms with Crippen molar-refractivity contribution in [3.8, 4) is 0 Å². The molecule has 0 radical (unpaired) electrons. The van der Waals surface area contributed by atoms with E-state index in [4.69, 9.17) is 14.2 Å². The fraction of sp³-hybridized carbons (Fsp3) is 0.789. The van der Waals surface area contributed by atoms with Gasteiger partial charge in [0, 0.05) is 19.3 Å². The number of carbonyl (C=O) groups is 3. The zero-order chi connectivity index (χ0) is 55.7. The molecule has 0 spiro atoms. The number of unbranched alkanes of at least 4 members (excludes halogenated alkanes) is 38. The lowest BCUT2D eigenvalue weighted by atomic mass is 10.0. The predicted molar refractivity (Wildman–Crippen MR) is 335 cm³/mol. The SMILES string of the molecule is CCCCC/C=C\C/C=C\C/C=C\C/C=C\C/C=C\CCC(=O)OC[C@H](COC(=O)CCCCCCCCCCC/C=C\CCCCCCCC)OC(=O)CCCCCCCCCCCCCCCCCCCCCCC. The van der Waals surface area contributed by atoms with Crippen molar-refractivity contribution >= 4 is 17.9 Å². The van der Waals surface area contributed by atoms with Crippen LogP contribution in [0.15, 0.2) is 72.9 Å². The highest BCUT2D eigenvalue weighted by atomic mass is 16.6. The van der Waals surface area contributed by atoms with Gasteiger partial charge < -0.3 is 14.2 Å². The van der Waals surface area contributed by atoms with Crippen LogP contribution in [0.3, 0.4) is 0 Å². The van der Waals surface area contributed by atoms with Crippen molar-refractivity contribution in [2.45, 2.75) is 348 Å². The van der Waals surface area contributed by atoms with E-state index in [2.05, 4.69) is 87.6 Å². The molecule has 0 aromatic heterocycles. The Bertz CT molecular complexity index is 1420. The van der Waals surface area contributed by atoms with E-state index < -0.39 is 6.10 Å². The van der Waals surface area contributed by atoms with E-state index in [0.717, 1.165) is 64.2 Å². The summed E-state index contributed by atoms with van der Waals surface area (Å²) in [4.78, 5) is 38.4. The smallest absolute Gasteiger partial charge is 0.306 e. The molecule has 0 bridgehead atoms. The number of esters is 3. The first-order valence-electron chi connectivity index (χ1n) is 33.4. The van der Waals surface area contributed by atoms with Crippen molar-refractivity contribution in [1.29, 1.82) is 0 Å². The van der Waals surface area contributed by atoms with Gasteiger partial charge in [0.25, 0.3) is 0 Å². The third kappa shape index (κ3) is 63.6. The summed E-state index contributed by atoms with van der Waals surface area (Å²) in [7, 11) is 0. The van der Waals surface area contributed by atoms with Gasteiger partial charge >= 0.3 is 17.9 Å². The average molecular weight is 1080 g/mol. The standard InChI is InChI=1S/C71H126O6/c1-4-7-10-13-16-19-22-25-28-31-34-35-38-41-44-47-50-53-56-59-62-65-71(74)77-68(66-75-69(72)63-60-57-54-51-48-45-42-39-36-32-29-26-23-20-17-14-11-8-5-2)67-76-70(73)64-61-58-55-52-49-46-43-40-37-33-30-27-24-21-18-15-12-9-6-3/h17,20,26-27,29-30,36,39,45,48,54,57,68H,4-16,18-19,21-25,28,31-35,37-38,40-44,46-47,49-53,55-56,58-67H2,1-3H3/b20-17-,29-26-,30-27-,39-36-,48-45-,57-54-/t68-/m1/s1. The summed E-state index contributed by atoms with van der Waals surface area (Å²) in [5.41, 5.74) is 0. The van der Waals surface area contributed by atoms with Crippen molar-refractivity contribution in [3.05, 3.63) is 72.9 Å². The van der Waals surface area contributed by atoms with Crippen molar-refractivity contribution in [1.82, 2.24) is 0 Å². The maximum atomic E-state index is 12.9. The molecule has 0 rings (SSSR count). The van der Waals surface area contributed by atoms with Crippen molar-refractivity contribution in [2.24, 2.45) is 0 Å². The molecule has 0 aliphatic heterocycles. The molecule has 6 nitrogen and oxygen atoms in total. The van der Waals surface area contributed by atoms with E-state index in [1.165, 1.54) is 231 Å². The molecule has 0 aliphatic carbocycles. The van der Waals surface area contributed by atoms with E-state index in [1.54, 1.807) is 0 Å². The molecule has 6 heteroatoms. The molecule has 446 valence electrons. The minimum Gasteiger partial charge on any atom is -0.462 e. The van der Waals surface area contributed by atoms with Gasteiger partial charge in [0.2, 0.25) is 0 Å². The molecule has 0 fully saturated rings. The lowest BCUT2D eigenvalue weighted by Crippen LogP contribution is -2.30. The number of allylic oxidation sites excluding steroid dienone is 12. The zero-order valence-corrected chi connectivity index (χ0v) is 51.2. The molecule has 0 N–H and O–H groups in total. The van der Waals surface area contributed by atoms with Gasteiger partial charge in [-0.15, -0.1) is 0 Å². The van der Waals surface area contributed by atoms with Crippen LogP contribution in [0.25, 0.3) is 0 Å². The number of carbonyl (C=O) groups excluding carboxylic acids is 3. The first-order valence-corrected chi connectivity index (χ1v) is 33.4. The topological polar surface area (TPSA) is 78.9 Å². The average Bonchev–Trinajstić information content (AvgIpc) is 3.43. The Labute approximate surface area is 478 Å². The number of hydrogen-bond acceptors (Lipinski definition) is 6. The van der Waals surface area contributed by atoms with E-state index in [-0.39, 0.29) is 37.5 Å². The van der Waals surface area contributed by atoms with Crippen LogP contribution >= 0.6 is 0 Å². The maximum absolute atomic E-state index is 12.9. The molecule has 0 amide bonds. The molecule has 0 aromatic carbocycles. The number of rotatable bonds is 61. The van der Waals surface area contributed by atoms with Crippen LogP contribution in [0.4, 0.5) is 0 Å². The van der Waals surface area contributed by atoms with Crippen LogP contribution in [0.1, 0.15) is 342 Å². The predicted octanol–water partition coefficient (Wildman–Crippen LogP) is 22.9. The van der Waals surface area contributed by atoms with Crippen molar-refractivity contribution < 1.29 is 28.6 Å². The zero-order valence-electron chi connectivity index (χ0n) is 51.2. The Morgan fingerprint density at radius 2 is 0.494 bits per heavy atom. The van der Waals surface area contributed by atoms with Gasteiger partial charge in [0.1, 0.15) is 13.2 Å². The van der Waals surface area contributed by atoms with Crippen molar-refractivity contribution in [3.63, 3.8) is 0 Å². The summed E-state index contributed by atoms with van der Waals surface area (Å²) in [6, 6.07) is 0. The molecule has 0 aromatic rings. The normalized spacial score (nSPS) is 12.5. The van der Waals surface area contributed by atoms with Gasteiger partial charge in [0.15, 0.2) is 6.10 Å². The summed E-state index contributed by atoms with van der Waals surface area (Å²) in [5.74, 6) is -0.965. The molecule has 0 saturated heterocycles. The molecule has 77 heavy (non-hydrogen) atoms. The van der Waals surface area contributed by atoms with E-state index in [1.807, 2.05) is 6.08 Å². The summed E-state index contributed by atoms with van der Waals surface area (Å²) >= 11 is 0. The highest BCUT2D eigenvalue weighted by molar-refractivity contribution is 5.71. The molecule has 0 unspecified atom stereocenters. The molecule has 1 atom stereocenters. The Morgan fingerprint density at radius 1 is 0.260 bits per heavy atom. The van der Waals surface area contributed by atoms with Crippen LogP contribution < -0.4 is 0 Å². The quantitative estimate of drug-likeness (QED) is 0.0261. The molecular formula is C71H126O6. The third-order valence-corrected chi connectivity index (χ3v) is 14.7. The van der Waals surface area contributed by atoms with Gasteiger partial charge in [0.05, 0.1) is 0 Å². The fourth-order valence-electron chi connectivity index (χ4n) is 9.66. The van der Waals surface area contributed by atoms with Gasteiger partial charge in [-0.25, -0.2) is 0 Å². The number of hydrogen-bond donors (Lipinski definition) is 0. The summed E-state index contributed by atoms with van der Waals surface area (Å²) < 4.78 is 16.9. The molecular weight excluding hydrogens is 949 g/mol. The molecule has 0 heterocycles. The van der Waals surface area contributed by atoms with Gasteiger partial charge in [-0.05, 0) is 83.5 Å². The fourth-order valence-corrected chi connectivity index (χ4v) is 9.66. The van der Waals surface area contributed by atoms with Crippen molar-refractivity contribution in [2.75, 3.05) is 13.2 Å². The Kier molecular flexibility index (Phi) is 62.7. The lowest BCUT2D eigenvalue weighted by molar-refractivity contribution is -0.166. The number of ether oxygens (including phenoxy) is 3. The Morgan fingerprint density at radius 3 is 0.844 bits per heavy atom. The lowest BCUT2D eigenvalue weighted by Gasteiger charge is -2.18. The highest BCUT2D eigenvalue weighted by Crippen LogP contribution is 2.17. The summed E-state index contributed by atoms with van der Waals surface area (Å²) in [6.45, 7) is 6.60. The van der Waals surface area contributed by atoms with Crippen LogP contribution in [0.2, 0.25) is 0 Å². The highest BCUT2D eigenvalue weighted by Gasteiger charge is 2.19. The largest absolute Gasteiger partial charge is 0.462 e.